The molecule has 0 aliphatic carbocycles. The molecule has 0 fully saturated rings. The minimum atomic E-state index is -0.109. The van der Waals surface area contributed by atoms with E-state index in [1.165, 1.54) is 0 Å². The first kappa shape index (κ1) is 11.2. The van der Waals surface area contributed by atoms with E-state index in [4.69, 9.17) is 0 Å². The summed E-state index contributed by atoms with van der Waals surface area (Å²) in [6.07, 6.45) is 4.99. The second-order valence-electron chi connectivity index (χ2n) is 3.78. The summed E-state index contributed by atoms with van der Waals surface area (Å²) in [6, 6.07) is 0. The lowest BCUT2D eigenvalue weighted by Crippen LogP contribution is -2.23. The summed E-state index contributed by atoms with van der Waals surface area (Å²) in [5, 5.41) is 0. The number of hydrogen-bond acceptors (Lipinski definition) is 1. The third-order valence-electron chi connectivity index (χ3n) is 2.06. The molecular formula is C11H18O. The second-order valence-corrected chi connectivity index (χ2v) is 3.78. The number of rotatable bonds is 4. The van der Waals surface area contributed by atoms with Gasteiger partial charge in [0.25, 0.3) is 0 Å². The maximum absolute atomic E-state index is 10.8. The van der Waals surface area contributed by atoms with Crippen LogP contribution < -0.4 is 0 Å². The van der Waals surface area contributed by atoms with Crippen LogP contribution in [0.15, 0.2) is 24.3 Å². The molecule has 0 aliphatic heterocycles. The summed E-state index contributed by atoms with van der Waals surface area (Å²) < 4.78 is 0. The topological polar surface area (TPSA) is 17.1 Å². The average molecular weight is 166 g/mol. The fourth-order valence-electron chi connectivity index (χ4n) is 1.46. The molecule has 0 aromatic rings. The Labute approximate surface area is 75.2 Å². The monoisotopic (exact) mass is 166 g/mol. The molecule has 0 radical (unpaired) electrons. The molecule has 0 saturated carbocycles. The zero-order valence-corrected chi connectivity index (χ0v) is 8.42. The molecule has 68 valence electrons. The Morgan fingerprint density at radius 3 is 2.25 bits per heavy atom. The van der Waals surface area contributed by atoms with Gasteiger partial charge in [-0.05, 0) is 19.3 Å². The molecule has 12 heavy (non-hydrogen) atoms. The third-order valence-corrected chi connectivity index (χ3v) is 2.06. The zero-order chi connectivity index (χ0) is 9.78. The summed E-state index contributed by atoms with van der Waals surface area (Å²) in [7, 11) is 0. The Kier molecular flexibility index (Phi) is 3.94. The van der Waals surface area contributed by atoms with Crippen LogP contribution in [-0.4, -0.2) is 6.29 Å². The van der Waals surface area contributed by atoms with Crippen LogP contribution in [0.4, 0.5) is 0 Å². The van der Waals surface area contributed by atoms with E-state index in [9.17, 15) is 4.79 Å². The molecule has 0 amide bonds. The van der Waals surface area contributed by atoms with Crippen LogP contribution >= 0.6 is 0 Å². The van der Waals surface area contributed by atoms with Crippen LogP contribution in [0.1, 0.15) is 27.7 Å². The van der Waals surface area contributed by atoms with Gasteiger partial charge in [0.15, 0.2) is 0 Å². The summed E-state index contributed by atoms with van der Waals surface area (Å²) in [5.41, 5.74) is 0.815. The Morgan fingerprint density at radius 1 is 1.50 bits per heavy atom. The van der Waals surface area contributed by atoms with Crippen molar-refractivity contribution in [1.82, 2.24) is 0 Å². The Balaban J connectivity index is 4.70. The van der Waals surface area contributed by atoms with E-state index in [2.05, 4.69) is 6.58 Å². The first-order chi connectivity index (χ1) is 5.45. The van der Waals surface area contributed by atoms with E-state index in [1.807, 2.05) is 39.8 Å². The fourth-order valence-corrected chi connectivity index (χ4v) is 1.46. The standard InChI is InChI=1S/C11H18O/c1-6-7-11(4,5)10(8-12)9(2)3/h6-8,10H,2H2,1,3-5H3. The van der Waals surface area contributed by atoms with Crippen molar-refractivity contribution in [2.45, 2.75) is 27.7 Å². The number of carbonyl (C=O) groups is 1. The van der Waals surface area contributed by atoms with Gasteiger partial charge < -0.3 is 4.79 Å². The van der Waals surface area contributed by atoms with Gasteiger partial charge >= 0.3 is 0 Å². The molecule has 0 aliphatic rings. The van der Waals surface area contributed by atoms with Crippen LogP contribution in [0.3, 0.4) is 0 Å². The summed E-state index contributed by atoms with van der Waals surface area (Å²) >= 11 is 0. The Morgan fingerprint density at radius 2 is 2.00 bits per heavy atom. The highest BCUT2D eigenvalue weighted by molar-refractivity contribution is 5.60. The van der Waals surface area contributed by atoms with Crippen molar-refractivity contribution < 1.29 is 4.79 Å². The van der Waals surface area contributed by atoms with Crippen LogP contribution in [0.25, 0.3) is 0 Å². The maximum Gasteiger partial charge on any atom is 0.127 e. The molecule has 1 heteroatoms. The van der Waals surface area contributed by atoms with E-state index in [0.29, 0.717) is 0 Å². The molecule has 0 rings (SSSR count). The van der Waals surface area contributed by atoms with Crippen molar-refractivity contribution in [3.63, 3.8) is 0 Å². The van der Waals surface area contributed by atoms with E-state index in [-0.39, 0.29) is 11.3 Å². The fraction of sp³-hybridized carbons (Fsp3) is 0.545. The van der Waals surface area contributed by atoms with E-state index >= 15 is 0 Å². The minimum Gasteiger partial charge on any atom is -0.303 e. The number of carbonyl (C=O) groups excluding carboxylic acids is 1. The molecule has 0 spiro atoms. The second kappa shape index (κ2) is 4.24. The van der Waals surface area contributed by atoms with Gasteiger partial charge in [0.2, 0.25) is 0 Å². The zero-order valence-electron chi connectivity index (χ0n) is 8.42. The van der Waals surface area contributed by atoms with Crippen molar-refractivity contribution in [3.05, 3.63) is 24.3 Å². The van der Waals surface area contributed by atoms with Gasteiger partial charge in [-0.25, -0.2) is 0 Å². The Hall–Kier alpha value is -0.850. The molecule has 1 atom stereocenters. The predicted octanol–water partition coefficient (Wildman–Crippen LogP) is 2.98. The molecule has 0 aromatic carbocycles. The number of aldehydes is 1. The molecule has 1 unspecified atom stereocenters. The largest absolute Gasteiger partial charge is 0.303 e. The quantitative estimate of drug-likeness (QED) is 0.463. The lowest BCUT2D eigenvalue weighted by molar-refractivity contribution is -0.112. The van der Waals surface area contributed by atoms with E-state index in [0.717, 1.165) is 11.9 Å². The molecule has 0 saturated heterocycles. The molecule has 0 heterocycles. The molecule has 0 N–H and O–H groups in total. The van der Waals surface area contributed by atoms with Gasteiger partial charge in [0.1, 0.15) is 6.29 Å². The van der Waals surface area contributed by atoms with Crippen molar-refractivity contribution in [2.24, 2.45) is 11.3 Å². The average Bonchev–Trinajstić information content (AvgIpc) is 1.86. The lowest BCUT2D eigenvalue weighted by atomic mass is 9.76. The Bertz CT molecular complexity index is 199. The predicted molar refractivity (Wildman–Crippen MR) is 53.0 cm³/mol. The SMILES string of the molecule is C=C(C)C(C=O)C(C)(C)C=CC. The highest BCUT2D eigenvalue weighted by atomic mass is 16.1. The van der Waals surface area contributed by atoms with Crippen LogP contribution in [0.2, 0.25) is 0 Å². The van der Waals surface area contributed by atoms with Crippen molar-refractivity contribution >= 4 is 6.29 Å². The minimum absolute atomic E-state index is 0.0753. The van der Waals surface area contributed by atoms with Gasteiger partial charge in [0.05, 0.1) is 0 Å². The van der Waals surface area contributed by atoms with Crippen molar-refractivity contribution in [1.29, 1.82) is 0 Å². The lowest BCUT2D eigenvalue weighted by Gasteiger charge is -2.27. The third kappa shape index (κ3) is 2.65. The molecule has 0 aromatic heterocycles. The summed E-state index contributed by atoms with van der Waals surface area (Å²) in [6.45, 7) is 11.7. The number of allylic oxidation sites excluding steroid dienone is 3. The van der Waals surface area contributed by atoms with Gasteiger partial charge in [-0.1, -0.05) is 38.2 Å². The van der Waals surface area contributed by atoms with Crippen LogP contribution in [0, 0.1) is 11.3 Å². The van der Waals surface area contributed by atoms with E-state index < -0.39 is 0 Å². The van der Waals surface area contributed by atoms with Crippen LogP contribution in [-0.2, 0) is 4.79 Å². The van der Waals surface area contributed by atoms with Gasteiger partial charge in [-0.15, -0.1) is 0 Å². The van der Waals surface area contributed by atoms with Gasteiger partial charge in [-0.3, -0.25) is 0 Å². The first-order valence-corrected chi connectivity index (χ1v) is 4.20. The first-order valence-electron chi connectivity index (χ1n) is 4.20. The molecule has 0 bridgehead atoms. The van der Waals surface area contributed by atoms with Gasteiger partial charge in [0, 0.05) is 5.92 Å². The molecular weight excluding hydrogens is 148 g/mol. The highest BCUT2D eigenvalue weighted by Crippen LogP contribution is 2.31. The smallest absolute Gasteiger partial charge is 0.127 e. The van der Waals surface area contributed by atoms with Gasteiger partial charge in [-0.2, -0.15) is 0 Å². The summed E-state index contributed by atoms with van der Waals surface area (Å²) in [4.78, 5) is 10.8. The van der Waals surface area contributed by atoms with Crippen LogP contribution in [0.5, 0.6) is 0 Å². The van der Waals surface area contributed by atoms with E-state index in [1.54, 1.807) is 0 Å². The van der Waals surface area contributed by atoms with Crippen molar-refractivity contribution in [3.8, 4) is 0 Å². The van der Waals surface area contributed by atoms with Crippen molar-refractivity contribution in [2.75, 3.05) is 0 Å². The number of hydrogen-bond donors (Lipinski definition) is 0. The highest BCUT2D eigenvalue weighted by Gasteiger charge is 2.26. The molecule has 1 nitrogen and oxygen atoms in total. The normalized spacial score (nSPS) is 14.7. The summed E-state index contributed by atoms with van der Waals surface area (Å²) in [5.74, 6) is -0.0753. The maximum atomic E-state index is 10.8.